The number of hydrogen-bond donors (Lipinski definition) is 2. The molecular weight excluding hydrogens is 284 g/mol. The van der Waals surface area contributed by atoms with Gasteiger partial charge in [-0.3, -0.25) is 4.79 Å². The zero-order valence-electron chi connectivity index (χ0n) is 12.4. The second kappa shape index (κ2) is 6.27. The van der Waals surface area contributed by atoms with Crippen molar-refractivity contribution < 1.29 is 24.5 Å². The SMILES string of the molecule is COC1=CC=CC(O)(OC)C1(O)C=CC(=O)c1ccccc1. The van der Waals surface area contributed by atoms with E-state index in [0.717, 1.165) is 0 Å². The topological polar surface area (TPSA) is 76.0 Å². The largest absolute Gasteiger partial charge is 0.497 e. The lowest BCUT2D eigenvalue weighted by molar-refractivity contribution is -0.237. The summed E-state index contributed by atoms with van der Waals surface area (Å²) in [6.07, 6.45) is 6.64. The predicted octanol–water partition coefficient (Wildman–Crippen LogP) is 1.59. The average Bonchev–Trinajstić information content (AvgIpc) is 2.56. The molecule has 1 aliphatic rings. The number of allylic oxidation sites excluding steroid dienone is 3. The third kappa shape index (κ3) is 2.74. The van der Waals surface area contributed by atoms with Crippen LogP contribution in [0.3, 0.4) is 0 Å². The van der Waals surface area contributed by atoms with Crippen molar-refractivity contribution in [3.63, 3.8) is 0 Å². The Bertz CT molecular complexity index is 632. The van der Waals surface area contributed by atoms with E-state index in [9.17, 15) is 15.0 Å². The van der Waals surface area contributed by atoms with E-state index in [-0.39, 0.29) is 11.5 Å². The molecule has 0 fully saturated rings. The van der Waals surface area contributed by atoms with Gasteiger partial charge in [-0.1, -0.05) is 36.4 Å². The second-order valence-electron chi connectivity index (χ2n) is 4.82. The Morgan fingerprint density at radius 1 is 1.18 bits per heavy atom. The summed E-state index contributed by atoms with van der Waals surface area (Å²) in [5.74, 6) is -2.27. The first-order valence-electron chi connectivity index (χ1n) is 6.69. The van der Waals surface area contributed by atoms with Crippen LogP contribution in [0.5, 0.6) is 0 Å². The fraction of sp³-hybridized carbons (Fsp3) is 0.235. The second-order valence-corrected chi connectivity index (χ2v) is 4.82. The van der Waals surface area contributed by atoms with Crippen molar-refractivity contribution in [2.45, 2.75) is 11.4 Å². The molecule has 0 radical (unpaired) electrons. The van der Waals surface area contributed by atoms with Gasteiger partial charge in [0.25, 0.3) is 0 Å². The number of rotatable bonds is 5. The normalized spacial score (nSPS) is 27.7. The molecule has 22 heavy (non-hydrogen) atoms. The molecule has 1 aromatic carbocycles. The van der Waals surface area contributed by atoms with Gasteiger partial charge in [0.1, 0.15) is 5.76 Å². The minimum absolute atomic E-state index is 0.0662. The third-order valence-electron chi connectivity index (χ3n) is 3.56. The number of ketones is 1. The first-order valence-corrected chi connectivity index (χ1v) is 6.69. The van der Waals surface area contributed by atoms with Gasteiger partial charge in [0.2, 0.25) is 5.79 Å². The van der Waals surface area contributed by atoms with Crippen LogP contribution >= 0.6 is 0 Å². The molecule has 0 heterocycles. The Kier molecular flexibility index (Phi) is 4.61. The van der Waals surface area contributed by atoms with Crippen molar-refractivity contribution >= 4 is 5.78 Å². The Balaban J connectivity index is 2.35. The van der Waals surface area contributed by atoms with Crippen molar-refractivity contribution in [1.82, 2.24) is 0 Å². The van der Waals surface area contributed by atoms with E-state index in [1.807, 2.05) is 0 Å². The van der Waals surface area contributed by atoms with Gasteiger partial charge in [-0.05, 0) is 24.3 Å². The first kappa shape index (κ1) is 16.2. The zero-order chi connectivity index (χ0) is 16.2. The first-order chi connectivity index (χ1) is 10.5. The Hall–Kier alpha value is -2.21. The van der Waals surface area contributed by atoms with E-state index >= 15 is 0 Å². The maximum absolute atomic E-state index is 12.1. The van der Waals surface area contributed by atoms with Crippen LogP contribution in [-0.4, -0.2) is 41.6 Å². The van der Waals surface area contributed by atoms with Crippen LogP contribution in [0.25, 0.3) is 0 Å². The number of aliphatic hydroxyl groups is 2. The Morgan fingerprint density at radius 3 is 2.45 bits per heavy atom. The summed E-state index contributed by atoms with van der Waals surface area (Å²) in [5, 5.41) is 21.2. The molecule has 2 rings (SSSR count). The molecule has 2 atom stereocenters. The lowest BCUT2D eigenvalue weighted by atomic mass is 9.85. The molecule has 1 aromatic rings. The molecule has 0 saturated heterocycles. The van der Waals surface area contributed by atoms with E-state index in [2.05, 4.69) is 0 Å². The highest BCUT2D eigenvalue weighted by atomic mass is 16.6. The fourth-order valence-corrected chi connectivity index (χ4v) is 2.24. The van der Waals surface area contributed by atoms with Crippen molar-refractivity contribution in [2.75, 3.05) is 14.2 Å². The van der Waals surface area contributed by atoms with E-state index < -0.39 is 11.4 Å². The summed E-state index contributed by atoms with van der Waals surface area (Å²) in [6, 6.07) is 8.60. The highest BCUT2D eigenvalue weighted by Crippen LogP contribution is 2.36. The molecule has 0 amide bonds. The van der Waals surface area contributed by atoms with E-state index in [0.29, 0.717) is 5.56 Å². The smallest absolute Gasteiger partial charge is 0.226 e. The summed E-state index contributed by atoms with van der Waals surface area (Å²) in [6.45, 7) is 0. The van der Waals surface area contributed by atoms with Gasteiger partial charge in [-0.15, -0.1) is 0 Å². The number of methoxy groups -OCH3 is 2. The van der Waals surface area contributed by atoms with E-state index in [1.54, 1.807) is 30.3 Å². The Labute approximate surface area is 128 Å². The van der Waals surface area contributed by atoms with Gasteiger partial charge >= 0.3 is 0 Å². The summed E-state index contributed by atoms with van der Waals surface area (Å²) in [4.78, 5) is 12.1. The van der Waals surface area contributed by atoms with Crippen LogP contribution in [0, 0.1) is 0 Å². The fourth-order valence-electron chi connectivity index (χ4n) is 2.24. The molecule has 2 unspecified atom stereocenters. The number of ether oxygens (including phenoxy) is 2. The molecule has 0 bridgehead atoms. The minimum atomic E-state index is -2.03. The van der Waals surface area contributed by atoms with Gasteiger partial charge in [-0.25, -0.2) is 0 Å². The zero-order valence-corrected chi connectivity index (χ0v) is 12.4. The van der Waals surface area contributed by atoms with Crippen molar-refractivity contribution in [2.24, 2.45) is 0 Å². The molecule has 5 nitrogen and oxygen atoms in total. The molecule has 5 heteroatoms. The lowest BCUT2D eigenvalue weighted by Gasteiger charge is -2.40. The minimum Gasteiger partial charge on any atom is -0.497 e. The van der Waals surface area contributed by atoms with Crippen LogP contribution in [0.4, 0.5) is 0 Å². The standard InChI is InChI=1S/C17H18O5/c1-21-15-9-6-11-17(20,22-2)16(15,19)12-10-14(18)13-7-4-3-5-8-13/h3-12,19-20H,1-2H3. The summed E-state index contributed by atoms with van der Waals surface area (Å²) in [7, 11) is 2.61. The molecule has 0 spiro atoms. The van der Waals surface area contributed by atoms with Gasteiger partial charge in [0.05, 0.1) is 7.11 Å². The average molecular weight is 302 g/mol. The molecule has 116 valence electrons. The number of carbonyl (C=O) groups excluding carboxylic acids is 1. The summed E-state index contributed by atoms with van der Waals surface area (Å²) in [5.41, 5.74) is -1.53. The molecule has 1 aliphatic carbocycles. The predicted molar refractivity (Wildman–Crippen MR) is 81.1 cm³/mol. The summed E-state index contributed by atoms with van der Waals surface area (Å²) < 4.78 is 10.1. The summed E-state index contributed by atoms with van der Waals surface area (Å²) >= 11 is 0. The quantitative estimate of drug-likeness (QED) is 0.491. The maximum atomic E-state index is 12.1. The molecule has 0 aromatic heterocycles. The van der Waals surface area contributed by atoms with Crippen LogP contribution < -0.4 is 0 Å². The number of benzene rings is 1. The maximum Gasteiger partial charge on any atom is 0.226 e. The van der Waals surface area contributed by atoms with Crippen molar-refractivity contribution in [1.29, 1.82) is 0 Å². The third-order valence-corrected chi connectivity index (χ3v) is 3.56. The molecular formula is C17H18O5. The van der Waals surface area contributed by atoms with Crippen LogP contribution in [0.2, 0.25) is 0 Å². The van der Waals surface area contributed by atoms with Crippen LogP contribution in [0.15, 0.2) is 66.5 Å². The highest BCUT2D eigenvalue weighted by Gasteiger charge is 2.52. The van der Waals surface area contributed by atoms with E-state index in [4.69, 9.17) is 9.47 Å². The number of carbonyl (C=O) groups is 1. The van der Waals surface area contributed by atoms with Gasteiger partial charge < -0.3 is 19.7 Å². The van der Waals surface area contributed by atoms with Crippen LogP contribution in [-0.2, 0) is 9.47 Å². The van der Waals surface area contributed by atoms with Crippen molar-refractivity contribution in [3.05, 3.63) is 72.0 Å². The van der Waals surface area contributed by atoms with Gasteiger partial charge in [-0.2, -0.15) is 0 Å². The number of hydrogen-bond acceptors (Lipinski definition) is 5. The van der Waals surface area contributed by atoms with Gasteiger partial charge in [0.15, 0.2) is 11.4 Å². The Morgan fingerprint density at radius 2 is 1.86 bits per heavy atom. The monoisotopic (exact) mass is 302 g/mol. The highest BCUT2D eigenvalue weighted by molar-refractivity contribution is 6.04. The molecule has 0 aliphatic heterocycles. The molecule has 2 N–H and O–H groups in total. The van der Waals surface area contributed by atoms with Crippen molar-refractivity contribution in [3.8, 4) is 0 Å². The molecule has 0 saturated carbocycles. The van der Waals surface area contributed by atoms with Gasteiger partial charge in [0, 0.05) is 12.7 Å². The lowest BCUT2D eigenvalue weighted by Crippen LogP contribution is -2.55. The van der Waals surface area contributed by atoms with E-state index in [1.165, 1.54) is 44.6 Å². The van der Waals surface area contributed by atoms with Crippen LogP contribution in [0.1, 0.15) is 10.4 Å².